The molecule has 0 heterocycles. The third-order valence-electron chi connectivity index (χ3n) is 2.48. The summed E-state index contributed by atoms with van der Waals surface area (Å²) in [6, 6.07) is 3.30. The van der Waals surface area contributed by atoms with Crippen molar-refractivity contribution in [3.05, 3.63) is 35.7 Å². The molecule has 0 saturated carbocycles. The topological polar surface area (TPSA) is 9.23 Å². The third-order valence-corrected chi connectivity index (χ3v) is 2.48. The van der Waals surface area contributed by atoms with Gasteiger partial charge >= 0.3 is 0 Å². The van der Waals surface area contributed by atoms with Crippen LogP contribution in [0, 0.1) is 5.82 Å². The van der Waals surface area contributed by atoms with Crippen LogP contribution in [0.4, 0.5) is 4.39 Å². The largest absolute Gasteiger partial charge is 0.494 e. The Balaban J connectivity index is 3.31. The first-order chi connectivity index (χ1) is 7.47. The Morgan fingerprint density at radius 1 is 1.44 bits per heavy atom. The summed E-state index contributed by atoms with van der Waals surface area (Å²) in [7, 11) is 0. The van der Waals surface area contributed by atoms with Gasteiger partial charge in [0.05, 0.1) is 6.61 Å². The van der Waals surface area contributed by atoms with Gasteiger partial charge in [-0.1, -0.05) is 20.4 Å². The smallest absolute Gasteiger partial charge is 0.131 e. The van der Waals surface area contributed by atoms with Gasteiger partial charge in [0.1, 0.15) is 11.6 Å². The van der Waals surface area contributed by atoms with Gasteiger partial charge in [-0.15, -0.1) is 0 Å². The molecule has 0 aromatic heterocycles. The van der Waals surface area contributed by atoms with E-state index in [9.17, 15) is 4.39 Å². The van der Waals surface area contributed by atoms with E-state index in [0.29, 0.717) is 17.7 Å². The molecule has 16 heavy (non-hydrogen) atoms. The van der Waals surface area contributed by atoms with Crippen molar-refractivity contribution in [1.82, 2.24) is 0 Å². The molecule has 1 nitrogen and oxygen atoms in total. The zero-order chi connectivity index (χ0) is 12.3. The van der Waals surface area contributed by atoms with Crippen LogP contribution in [0.25, 0.3) is 5.57 Å². The Bertz CT molecular complexity index is 394. The molecule has 1 aromatic carbocycles. The van der Waals surface area contributed by atoms with Gasteiger partial charge in [-0.3, -0.25) is 0 Å². The maximum Gasteiger partial charge on any atom is 0.131 e. The van der Waals surface area contributed by atoms with Crippen molar-refractivity contribution in [3.8, 4) is 5.75 Å². The van der Waals surface area contributed by atoms with E-state index in [2.05, 4.69) is 6.58 Å². The lowest BCUT2D eigenvalue weighted by Gasteiger charge is -2.15. The molecule has 1 aromatic rings. The van der Waals surface area contributed by atoms with Crippen LogP contribution in [0.3, 0.4) is 0 Å². The van der Waals surface area contributed by atoms with Crippen molar-refractivity contribution in [2.45, 2.75) is 33.6 Å². The zero-order valence-electron chi connectivity index (χ0n) is 10.4. The van der Waals surface area contributed by atoms with Crippen molar-refractivity contribution in [1.29, 1.82) is 0 Å². The predicted octanol–water partition coefficient (Wildman–Crippen LogP) is 4.38. The summed E-state index contributed by atoms with van der Waals surface area (Å²) in [6.07, 6.45) is 0. The standard InChI is InChI=1S/C14H19FO/c1-6-16-14-8-11(9(2)3)13(15)7-12(14)10(4)5/h7-8,10H,2,6H2,1,3-5H3. The lowest BCUT2D eigenvalue weighted by Crippen LogP contribution is -2.01. The van der Waals surface area contributed by atoms with Gasteiger partial charge in [0, 0.05) is 5.56 Å². The molecule has 0 amide bonds. The van der Waals surface area contributed by atoms with Crippen LogP contribution in [-0.2, 0) is 0 Å². The number of hydrogen-bond acceptors (Lipinski definition) is 1. The molecular weight excluding hydrogens is 203 g/mol. The van der Waals surface area contributed by atoms with Gasteiger partial charge in [0.25, 0.3) is 0 Å². The van der Waals surface area contributed by atoms with E-state index < -0.39 is 0 Å². The molecule has 0 fully saturated rings. The summed E-state index contributed by atoms with van der Waals surface area (Å²) >= 11 is 0. The zero-order valence-corrected chi connectivity index (χ0v) is 10.4. The summed E-state index contributed by atoms with van der Waals surface area (Å²) in [4.78, 5) is 0. The van der Waals surface area contributed by atoms with Crippen molar-refractivity contribution in [3.63, 3.8) is 0 Å². The number of allylic oxidation sites excluding steroid dienone is 1. The highest BCUT2D eigenvalue weighted by Gasteiger charge is 2.13. The number of hydrogen-bond donors (Lipinski definition) is 0. The van der Waals surface area contributed by atoms with E-state index in [0.717, 1.165) is 11.3 Å². The quantitative estimate of drug-likeness (QED) is 0.734. The minimum absolute atomic E-state index is 0.223. The molecule has 0 bridgehead atoms. The summed E-state index contributed by atoms with van der Waals surface area (Å²) in [5.74, 6) is 0.784. The second-order valence-corrected chi connectivity index (χ2v) is 4.24. The highest BCUT2D eigenvalue weighted by molar-refractivity contribution is 5.64. The lowest BCUT2D eigenvalue weighted by molar-refractivity contribution is 0.334. The molecule has 0 aliphatic rings. The second-order valence-electron chi connectivity index (χ2n) is 4.24. The highest BCUT2D eigenvalue weighted by Crippen LogP contribution is 2.31. The molecule has 0 atom stereocenters. The molecule has 0 spiro atoms. The first kappa shape index (κ1) is 12.8. The summed E-state index contributed by atoms with van der Waals surface area (Å²) in [5.41, 5.74) is 2.16. The van der Waals surface area contributed by atoms with E-state index >= 15 is 0 Å². The van der Waals surface area contributed by atoms with E-state index in [4.69, 9.17) is 4.74 Å². The van der Waals surface area contributed by atoms with Crippen LogP contribution in [0.15, 0.2) is 18.7 Å². The van der Waals surface area contributed by atoms with Crippen LogP contribution in [0.2, 0.25) is 0 Å². The van der Waals surface area contributed by atoms with Crippen molar-refractivity contribution < 1.29 is 9.13 Å². The molecule has 0 radical (unpaired) electrons. The van der Waals surface area contributed by atoms with Gasteiger partial charge in [-0.25, -0.2) is 4.39 Å². The van der Waals surface area contributed by atoms with E-state index in [1.165, 1.54) is 0 Å². The highest BCUT2D eigenvalue weighted by atomic mass is 19.1. The third kappa shape index (κ3) is 2.63. The Morgan fingerprint density at radius 2 is 2.06 bits per heavy atom. The maximum atomic E-state index is 13.8. The average Bonchev–Trinajstić information content (AvgIpc) is 2.19. The predicted molar refractivity (Wildman–Crippen MR) is 66.4 cm³/mol. The van der Waals surface area contributed by atoms with Crippen LogP contribution >= 0.6 is 0 Å². The first-order valence-corrected chi connectivity index (χ1v) is 5.59. The van der Waals surface area contributed by atoms with E-state index in [1.54, 1.807) is 19.1 Å². The monoisotopic (exact) mass is 222 g/mol. The second kappa shape index (κ2) is 5.15. The lowest BCUT2D eigenvalue weighted by atomic mass is 9.98. The fourth-order valence-corrected chi connectivity index (χ4v) is 1.63. The van der Waals surface area contributed by atoms with Crippen molar-refractivity contribution >= 4 is 5.57 Å². The molecule has 0 aliphatic heterocycles. The fourth-order valence-electron chi connectivity index (χ4n) is 1.63. The number of rotatable bonds is 4. The Kier molecular flexibility index (Phi) is 4.11. The Morgan fingerprint density at radius 3 is 2.50 bits per heavy atom. The molecule has 88 valence electrons. The molecule has 0 aliphatic carbocycles. The summed E-state index contributed by atoms with van der Waals surface area (Å²) < 4.78 is 19.3. The summed E-state index contributed by atoms with van der Waals surface area (Å²) in [6.45, 7) is 12.1. The minimum Gasteiger partial charge on any atom is -0.494 e. The van der Waals surface area contributed by atoms with Crippen LogP contribution in [0.1, 0.15) is 44.7 Å². The molecule has 0 unspecified atom stereocenters. The fraction of sp³-hybridized carbons (Fsp3) is 0.429. The van der Waals surface area contributed by atoms with Crippen LogP contribution in [0.5, 0.6) is 5.75 Å². The van der Waals surface area contributed by atoms with Gasteiger partial charge in [-0.05, 0) is 43.0 Å². The van der Waals surface area contributed by atoms with Crippen molar-refractivity contribution in [2.75, 3.05) is 6.61 Å². The number of benzene rings is 1. The number of ether oxygens (including phenoxy) is 1. The normalized spacial score (nSPS) is 10.6. The maximum absolute atomic E-state index is 13.8. The molecule has 0 saturated heterocycles. The van der Waals surface area contributed by atoms with Crippen molar-refractivity contribution in [2.24, 2.45) is 0 Å². The molecule has 1 rings (SSSR count). The van der Waals surface area contributed by atoms with E-state index in [-0.39, 0.29) is 11.7 Å². The van der Waals surface area contributed by atoms with Gasteiger partial charge < -0.3 is 4.74 Å². The average molecular weight is 222 g/mol. The summed E-state index contributed by atoms with van der Waals surface area (Å²) in [5, 5.41) is 0. The molecule has 2 heteroatoms. The Labute approximate surface area is 96.9 Å². The van der Waals surface area contributed by atoms with Gasteiger partial charge in [0.2, 0.25) is 0 Å². The molecular formula is C14H19FO. The first-order valence-electron chi connectivity index (χ1n) is 5.59. The minimum atomic E-state index is -0.223. The molecule has 0 N–H and O–H groups in total. The van der Waals surface area contributed by atoms with Gasteiger partial charge in [0.15, 0.2) is 0 Å². The van der Waals surface area contributed by atoms with Crippen LogP contribution in [-0.4, -0.2) is 6.61 Å². The number of halogens is 1. The Hall–Kier alpha value is -1.31. The van der Waals surface area contributed by atoms with Crippen LogP contribution < -0.4 is 4.74 Å². The SMILES string of the molecule is C=C(C)c1cc(OCC)c(C(C)C)cc1F. The van der Waals surface area contributed by atoms with E-state index in [1.807, 2.05) is 20.8 Å². The van der Waals surface area contributed by atoms with Gasteiger partial charge in [-0.2, -0.15) is 0 Å².